The number of amides is 1. The zero-order valence-corrected chi connectivity index (χ0v) is 13.3. The van der Waals surface area contributed by atoms with Gasteiger partial charge in [0.2, 0.25) is 10.0 Å². The molecule has 5 nitrogen and oxygen atoms in total. The van der Waals surface area contributed by atoms with Crippen molar-refractivity contribution in [3.8, 4) is 0 Å². The van der Waals surface area contributed by atoms with Crippen molar-refractivity contribution in [3.05, 3.63) is 29.8 Å². The number of nitrogens with one attached hydrogen (secondary N) is 2. The van der Waals surface area contributed by atoms with Crippen molar-refractivity contribution in [2.45, 2.75) is 51.1 Å². The summed E-state index contributed by atoms with van der Waals surface area (Å²) in [5.74, 6) is -0.215. The fraction of sp³-hybridized carbons (Fsp3) is 0.500. The molecule has 0 unspecified atom stereocenters. The third-order valence-corrected chi connectivity index (χ3v) is 4.06. The van der Waals surface area contributed by atoms with Crippen LogP contribution < -0.4 is 10.0 Å². The zero-order valence-electron chi connectivity index (χ0n) is 12.5. The van der Waals surface area contributed by atoms with Crippen LogP contribution in [0.4, 0.5) is 0 Å². The van der Waals surface area contributed by atoms with Gasteiger partial charge in [-0.3, -0.25) is 4.79 Å². The van der Waals surface area contributed by atoms with Gasteiger partial charge in [-0.25, -0.2) is 13.1 Å². The van der Waals surface area contributed by atoms with E-state index >= 15 is 0 Å². The highest BCUT2D eigenvalue weighted by Gasteiger charge is 2.22. The molecule has 0 aliphatic rings. The van der Waals surface area contributed by atoms with Gasteiger partial charge in [0, 0.05) is 17.1 Å². The number of rotatable bonds is 4. The molecular formula is C14H22N2O3S. The maximum Gasteiger partial charge on any atom is 0.251 e. The van der Waals surface area contributed by atoms with E-state index < -0.39 is 15.6 Å². The summed E-state index contributed by atoms with van der Waals surface area (Å²) >= 11 is 0. The van der Waals surface area contributed by atoms with Crippen molar-refractivity contribution in [1.29, 1.82) is 0 Å². The van der Waals surface area contributed by atoms with Gasteiger partial charge in [0.1, 0.15) is 0 Å². The first-order chi connectivity index (χ1) is 9.01. The van der Waals surface area contributed by atoms with Crippen molar-refractivity contribution in [2.24, 2.45) is 0 Å². The van der Waals surface area contributed by atoms with E-state index in [0.717, 1.165) is 0 Å². The Morgan fingerprint density at radius 3 is 2.00 bits per heavy atom. The molecule has 0 spiro atoms. The van der Waals surface area contributed by atoms with Crippen LogP contribution >= 0.6 is 0 Å². The molecule has 0 aromatic heterocycles. The third-order valence-electron chi connectivity index (χ3n) is 2.29. The molecule has 20 heavy (non-hydrogen) atoms. The average molecular weight is 298 g/mol. The molecule has 6 heteroatoms. The zero-order chi connectivity index (χ0) is 15.6. The summed E-state index contributed by atoms with van der Waals surface area (Å²) in [6.07, 6.45) is 0. The van der Waals surface area contributed by atoms with E-state index in [4.69, 9.17) is 0 Å². The summed E-state index contributed by atoms with van der Waals surface area (Å²) in [5, 5.41) is 2.75. The van der Waals surface area contributed by atoms with E-state index in [-0.39, 0.29) is 16.8 Å². The molecule has 1 aromatic rings. The SMILES string of the molecule is CC(C)NC(=O)c1ccc(S(=O)(=O)NC(C)(C)C)cc1. The lowest BCUT2D eigenvalue weighted by molar-refractivity contribution is 0.0943. The van der Waals surface area contributed by atoms with Crippen LogP contribution in [0.1, 0.15) is 45.0 Å². The van der Waals surface area contributed by atoms with Gasteiger partial charge in [-0.1, -0.05) is 0 Å². The van der Waals surface area contributed by atoms with Gasteiger partial charge in [-0.05, 0) is 58.9 Å². The second-order valence-corrected chi connectivity index (χ2v) is 7.69. The summed E-state index contributed by atoms with van der Waals surface area (Å²) in [5.41, 5.74) is -0.111. The standard InChI is InChI=1S/C14H22N2O3S/c1-10(2)15-13(17)11-6-8-12(9-7-11)20(18,19)16-14(3,4)5/h6-10,16H,1-5H3,(H,15,17). The van der Waals surface area contributed by atoms with E-state index in [2.05, 4.69) is 10.0 Å². The first kappa shape index (κ1) is 16.7. The van der Waals surface area contributed by atoms with Crippen molar-refractivity contribution in [3.63, 3.8) is 0 Å². The minimum atomic E-state index is -3.57. The maximum absolute atomic E-state index is 12.1. The lowest BCUT2D eigenvalue weighted by Crippen LogP contribution is -2.40. The van der Waals surface area contributed by atoms with E-state index in [9.17, 15) is 13.2 Å². The first-order valence-electron chi connectivity index (χ1n) is 6.46. The molecule has 0 aliphatic heterocycles. The number of benzene rings is 1. The highest BCUT2D eigenvalue weighted by molar-refractivity contribution is 7.89. The molecule has 0 heterocycles. The molecule has 0 radical (unpaired) electrons. The minimum absolute atomic E-state index is 0.0356. The van der Waals surface area contributed by atoms with Crippen molar-refractivity contribution >= 4 is 15.9 Å². The predicted octanol–water partition coefficient (Wildman–Crippen LogP) is 1.90. The van der Waals surface area contributed by atoms with Gasteiger partial charge in [0.25, 0.3) is 5.91 Å². The number of hydrogen-bond acceptors (Lipinski definition) is 3. The average Bonchev–Trinajstić information content (AvgIpc) is 2.25. The number of hydrogen-bond donors (Lipinski definition) is 2. The first-order valence-corrected chi connectivity index (χ1v) is 7.94. The second kappa shape index (κ2) is 5.93. The fourth-order valence-corrected chi connectivity index (χ4v) is 3.01. The van der Waals surface area contributed by atoms with E-state index in [1.165, 1.54) is 24.3 Å². The van der Waals surface area contributed by atoms with Gasteiger partial charge in [-0.15, -0.1) is 0 Å². The Morgan fingerprint density at radius 1 is 1.10 bits per heavy atom. The van der Waals surface area contributed by atoms with Crippen molar-refractivity contribution < 1.29 is 13.2 Å². The topological polar surface area (TPSA) is 75.3 Å². The van der Waals surface area contributed by atoms with Gasteiger partial charge in [0.05, 0.1) is 4.90 Å². The highest BCUT2D eigenvalue weighted by Crippen LogP contribution is 2.14. The molecule has 0 atom stereocenters. The monoisotopic (exact) mass is 298 g/mol. The normalized spacial score (nSPS) is 12.5. The van der Waals surface area contributed by atoms with E-state index in [0.29, 0.717) is 5.56 Å². The Labute approximate surface area is 120 Å². The van der Waals surface area contributed by atoms with Crippen molar-refractivity contribution in [2.75, 3.05) is 0 Å². The smallest absolute Gasteiger partial charge is 0.251 e. The van der Waals surface area contributed by atoms with Gasteiger partial charge in [-0.2, -0.15) is 0 Å². The molecule has 1 rings (SSSR count). The van der Waals surface area contributed by atoms with Crippen LogP contribution in [0.3, 0.4) is 0 Å². The van der Waals surface area contributed by atoms with Crippen LogP contribution in [-0.4, -0.2) is 25.9 Å². The van der Waals surface area contributed by atoms with Crippen LogP contribution in [-0.2, 0) is 10.0 Å². The summed E-state index contributed by atoms with van der Waals surface area (Å²) in [7, 11) is -3.57. The molecule has 0 bridgehead atoms. The maximum atomic E-state index is 12.1. The Kier molecular flexibility index (Phi) is 4.94. The lowest BCUT2D eigenvalue weighted by atomic mass is 10.1. The summed E-state index contributed by atoms with van der Waals surface area (Å²) < 4.78 is 26.8. The van der Waals surface area contributed by atoms with Crippen LogP contribution in [0.25, 0.3) is 0 Å². The molecule has 0 aliphatic carbocycles. The summed E-state index contributed by atoms with van der Waals surface area (Å²) in [6, 6.07) is 5.92. The Morgan fingerprint density at radius 2 is 1.60 bits per heavy atom. The molecule has 0 fully saturated rings. The second-order valence-electron chi connectivity index (χ2n) is 6.01. The lowest BCUT2D eigenvalue weighted by Gasteiger charge is -2.20. The largest absolute Gasteiger partial charge is 0.350 e. The van der Waals surface area contributed by atoms with Gasteiger partial charge >= 0.3 is 0 Å². The molecule has 0 saturated heterocycles. The number of carbonyl (C=O) groups is 1. The molecular weight excluding hydrogens is 276 g/mol. The molecule has 1 aromatic carbocycles. The third kappa shape index (κ3) is 4.94. The van der Waals surface area contributed by atoms with Crippen molar-refractivity contribution in [1.82, 2.24) is 10.0 Å². The molecule has 112 valence electrons. The highest BCUT2D eigenvalue weighted by atomic mass is 32.2. The van der Waals surface area contributed by atoms with Crippen LogP contribution in [0.2, 0.25) is 0 Å². The van der Waals surface area contributed by atoms with Crippen LogP contribution in [0.15, 0.2) is 29.2 Å². The van der Waals surface area contributed by atoms with E-state index in [1.807, 2.05) is 13.8 Å². The van der Waals surface area contributed by atoms with Gasteiger partial charge < -0.3 is 5.32 Å². The summed E-state index contributed by atoms with van der Waals surface area (Å²) in [4.78, 5) is 11.9. The number of sulfonamides is 1. The van der Waals surface area contributed by atoms with Crippen LogP contribution in [0, 0.1) is 0 Å². The molecule has 0 saturated carbocycles. The number of carbonyl (C=O) groups excluding carboxylic acids is 1. The van der Waals surface area contributed by atoms with Gasteiger partial charge in [0.15, 0.2) is 0 Å². The quantitative estimate of drug-likeness (QED) is 0.891. The Bertz CT molecular complexity index is 569. The van der Waals surface area contributed by atoms with Crippen LogP contribution in [0.5, 0.6) is 0 Å². The predicted molar refractivity (Wildman–Crippen MR) is 79.1 cm³/mol. The summed E-state index contributed by atoms with van der Waals surface area (Å²) in [6.45, 7) is 9.05. The Balaban J connectivity index is 2.94. The van der Waals surface area contributed by atoms with E-state index in [1.54, 1.807) is 20.8 Å². The minimum Gasteiger partial charge on any atom is -0.350 e. The Hall–Kier alpha value is -1.40. The molecule has 2 N–H and O–H groups in total. The molecule has 1 amide bonds. The fourth-order valence-electron chi connectivity index (χ4n) is 1.59.